The largest absolute Gasteiger partial charge is 0.489 e. The first-order valence-corrected chi connectivity index (χ1v) is 10.3. The van der Waals surface area contributed by atoms with E-state index in [1.54, 1.807) is 18.6 Å². The van der Waals surface area contributed by atoms with Crippen LogP contribution in [0.15, 0.2) is 73.2 Å². The number of carbonyl (C=O) groups is 1. The molecule has 1 aromatic heterocycles. The molecule has 0 aliphatic carbocycles. The van der Waals surface area contributed by atoms with E-state index in [1.165, 1.54) is 0 Å². The van der Waals surface area contributed by atoms with Crippen LogP contribution in [0.2, 0.25) is 0 Å². The Hall–Kier alpha value is -3.41. The maximum absolute atomic E-state index is 12.8. The molecular formula is C24H26N4O2. The second-order valence-electron chi connectivity index (χ2n) is 7.44. The number of para-hydroxylation sites is 1. The first kappa shape index (κ1) is 19.9. The Morgan fingerprint density at radius 2 is 1.87 bits per heavy atom. The Bertz CT molecular complexity index is 950. The van der Waals surface area contributed by atoms with Crippen molar-refractivity contribution >= 4 is 11.7 Å². The van der Waals surface area contributed by atoms with Crippen molar-refractivity contribution in [3.63, 3.8) is 0 Å². The van der Waals surface area contributed by atoms with Crippen molar-refractivity contribution < 1.29 is 9.53 Å². The average molecular weight is 402 g/mol. The molecule has 1 atom stereocenters. The third kappa shape index (κ3) is 5.14. The highest BCUT2D eigenvalue weighted by Gasteiger charge is 2.26. The van der Waals surface area contributed by atoms with E-state index in [9.17, 15) is 4.79 Å². The highest BCUT2D eigenvalue weighted by molar-refractivity contribution is 5.79. The molecule has 1 amide bonds. The summed E-state index contributed by atoms with van der Waals surface area (Å²) in [5, 5.41) is 3.12. The van der Waals surface area contributed by atoms with Gasteiger partial charge in [0.15, 0.2) is 0 Å². The molecule has 1 unspecified atom stereocenters. The second kappa shape index (κ2) is 9.87. The van der Waals surface area contributed by atoms with Crippen molar-refractivity contribution in [3.8, 4) is 5.75 Å². The molecule has 154 valence electrons. The zero-order valence-corrected chi connectivity index (χ0v) is 16.9. The Morgan fingerprint density at radius 3 is 2.67 bits per heavy atom. The van der Waals surface area contributed by atoms with Crippen LogP contribution in [-0.4, -0.2) is 29.0 Å². The summed E-state index contributed by atoms with van der Waals surface area (Å²) in [6.07, 6.45) is 6.96. The van der Waals surface area contributed by atoms with Gasteiger partial charge in [0.05, 0.1) is 12.1 Å². The van der Waals surface area contributed by atoms with E-state index in [-0.39, 0.29) is 11.8 Å². The molecule has 0 spiro atoms. The molecule has 4 rings (SSSR count). The summed E-state index contributed by atoms with van der Waals surface area (Å²) in [6.45, 7) is 2.54. The lowest BCUT2D eigenvalue weighted by Gasteiger charge is -2.32. The summed E-state index contributed by atoms with van der Waals surface area (Å²) in [5.74, 6) is 1.71. The molecule has 1 aliphatic rings. The summed E-state index contributed by atoms with van der Waals surface area (Å²) in [5.41, 5.74) is 2.15. The fourth-order valence-corrected chi connectivity index (χ4v) is 3.73. The molecule has 6 nitrogen and oxygen atoms in total. The number of nitrogens with one attached hydrogen (secondary N) is 1. The topological polar surface area (TPSA) is 67.3 Å². The van der Waals surface area contributed by atoms with Crippen LogP contribution in [0.4, 0.5) is 5.82 Å². The summed E-state index contributed by atoms with van der Waals surface area (Å²) in [6, 6.07) is 17.8. The predicted octanol–water partition coefficient (Wildman–Crippen LogP) is 3.59. The number of rotatable bonds is 7. The summed E-state index contributed by atoms with van der Waals surface area (Å²) in [7, 11) is 0. The van der Waals surface area contributed by atoms with Gasteiger partial charge >= 0.3 is 0 Å². The van der Waals surface area contributed by atoms with Crippen LogP contribution in [0, 0.1) is 5.92 Å². The van der Waals surface area contributed by atoms with E-state index in [4.69, 9.17) is 4.74 Å². The molecule has 1 aliphatic heterocycles. The number of aromatic nitrogens is 2. The van der Waals surface area contributed by atoms with Gasteiger partial charge in [-0.05, 0) is 36.1 Å². The van der Waals surface area contributed by atoms with Crippen molar-refractivity contribution in [2.45, 2.75) is 26.0 Å². The van der Waals surface area contributed by atoms with Crippen molar-refractivity contribution in [1.82, 2.24) is 15.3 Å². The van der Waals surface area contributed by atoms with E-state index >= 15 is 0 Å². The maximum Gasteiger partial charge on any atom is 0.225 e. The van der Waals surface area contributed by atoms with E-state index in [0.29, 0.717) is 19.7 Å². The number of carbonyl (C=O) groups excluding carboxylic acids is 1. The Labute approximate surface area is 176 Å². The van der Waals surface area contributed by atoms with E-state index < -0.39 is 0 Å². The van der Waals surface area contributed by atoms with Gasteiger partial charge in [0.1, 0.15) is 18.2 Å². The molecule has 2 aromatic carbocycles. The van der Waals surface area contributed by atoms with Gasteiger partial charge in [-0.1, -0.05) is 42.5 Å². The number of benzene rings is 2. The molecule has 0 bridgehead atoms. The third-order valence-electron chi connectivity index (χ3n) is 5.37. The number of piperidine rings is 1. The third-order valence-corrected chi connectivity index (χ3v) is 5.37. The van der Waals surface area contributed by atoms with Gasteiger partial charge in [-0.3, -0.25) is 9.78 Å². The molecule has 1 fully saturated rings. The Kier molecular flexibility index (Phi) is 6.54. The van der Waals surface area contributed by atoms with Crippen LogP contribution in [0.1, 0.15) is 24.0 Å². The molecular weight excluding hydrogens is 376 g/mol. The number of hydrogen-bond donors (Lipinski definition) is 1. The molecule has 1 N–H and O–H groups in total. The molecule has 3 aromatic rings. The minimum Gasteiger partial charge on any atom is -0.489 e. The van der Waals surface area contributed by atoms with Gasteiger partial charge in [0.25, 0.3) is 0 Å². The quantitative estimate of drug-likeness (QED) is 0.654. The molecule has 0 saturated carbocycles. The van der Waals surface area contributed by atoms with Crippen LogP contribution in [0.25, 0.3) is 0 Å². The van der Waals surface area contributed by atoms with Crippen LogP contribution >= 0.6 is 0 Å². The normalized spacial score (nSPS) is 16.1. The maximum atomic E-state index is 12.8. The van der Waals surface area contributed by atoms with Crippen molar-refractivity contribution in [1.29, 1.82) is 0 Å². The summed E-state index contributed by atoms with van der Waals surface area (Å²) in [4.78, 5) is 23.5. The number of amides is 1. The number of ether oxygens (including phenoxy) is 1. The molecule has 1 saturated heterocycles. The monoisotopic (exact) mass is 402 g/mol. The minimum atomic E-state index is -0.0477. The van der Waals surface area contributed by atoms with Crippen molar-refractivity contribution in [2.24, 2.45) is 5.92 Å². The molecule has 2 heterocycles. The Balaban J connectivity index is 1.33. The van der Waals surface area contributed by atoms with Crippen molar-refractivity contribution in [2.75, 3.05) is 18.0 Å². The van der Waals surface area contributed by atoms with Gasteiger partial charge in [-0.15, -0.1) is 0 Å². The highest BCUT2D eigenvalue weighted by atomic mass is 16.5. The SMILES string of the molecule is O=C(NCc1ccccc1COc1ccccc1)C1CCCN(c2cnccn2)C1. The van der Waals surface area contributed by atoms with Crippen LogP contribution in [0.5, 0.6) is 5.75 Å². The lowest BCUT2D eigenvalue weighted by molar-refractivity contribution is -0.125. The second-order valence-corrected chi connectivity index (χ2v) is 7.44. The summed E-state index contributed by atoms with van der Waals surface area (Å²) < 4.78 is 5.89. The highest BCUT2D eigenvalue weighted by Crippen LogP contribution is 2.21. The minimum absolute atomic E-state index is 0.0477. The zero-order valence-electron chi connectivity index (χ0n) is 16.9. The smallest absolute Gasteiger partial charge is 0.225 e. The first-order valence-electron chi connectivity index (χ1n) is 10.3. The first-order chi connectivity index (χ1) is 14.8. The van der Waals surface area contributed by atoms with Crippen LogP contribution in [0.3, 0.4) is 0 Å². The lowest BCUT2D eigenvalue weighted by Crippen LogP contribution is -2.43. The predicted molar refractivity (Wildman–Crippen MR) is 116 cm³/mol. The number of hydrogen-bond acceptors (Lipinski definition) is 5. The van der Waals surface area contributed by atoms with E-state index in [1.807, 2.05) is 54.6 Å². The molecule has 30 heavy (non-hydrogen) atoms. The van der Waals surface area contributed by atoms with Gasteiger partial charge < -0.3 is 15.0 Å². The van der Waals surface area contributed by atoms with Crippen LogP contribution < -0.4 is 15.0 Å². The number of nitrogens with zero attached hydrogens (tertiary/aromatic N) is 3. The van der Waals surface area contributed by atoms with Gasteiger partial charge in [0, 0.05) is 32.0 Å². The number of anilines is 1. The van der Waals surface area contributed by atoms with Gasteiger partial charge in [-0.25, -0.2) is 4.98 Å². The Morgan fingerprint density at radius 1 is 1.07 bits per heavy atom. The zero-order chi connectivity index (χ0) is 20.6. The molecule has 6 heteroatoms. The standard InChI is InChI=1S/C24H26N4O2/c29-24(20-9-6-14-28(17-20)23-16-25-12-13-26-23)27-15-19-7-4-5-8-21(19)18-30-22-10-2-1-3-11-22/h1-5,7-8,10-13,16,20H,6,9,14-15,17-18H2,(H,27,29). The van der Waals surface area contributed by atoms with Crippen LogP contribution in [-0.2, 0) is 17.9 Å². The fraction of sp³-hybridized carbons (Fsp3) is 0.292. The van der Waals surface area contributed by atoms with Crippen molar-refractivity contribution in [3.05, 3.63) is 84.3 Å². The summed E-state index contributed by atoms with van der Waals surface area (Å²) >= 11 is 0. The lowest BCUT2D eigenvalue weighted by atomic mass is 9.97. The van der Waals surface area contributed by atoms with Gasteiger partial charge in [-0.2, -0.15) is 0 Å². The average Bonchev–Trinajstić information content (AvgIpc) is 2.83. The fourth-order valence-electron chi connectivity index (χ4n) is 3.73. The van der Waals surface area contributed by atoms with Gasteiger partial charge in [0.2, 0.25) is 5.91 Å². The van der Waals surface area contributed by atoms with E-state index in [2.05, 4.69) is 20.2 Å². The molecule has 0 radical (unpaired) electrons. The van der Waals surface area contributed by atoms with E-state index in [0.717, 1.165) is 42.1 Å².